The zero-order valence-electron chi connectivity index (χ0n) is 10.4. The van der Waals surface area contributed by atoms with Gasteiger partial charge in [0.1, 0.15) is 11.6 Å². The molecule has 0 amide bonds. The quantitative estimate of drug-likeness (QED) is 0.853. The highest BCUT2D eigenvalue weighted by molar-refractivity contribution is 5.21. The van der Waals surface area contributed by atoms with E-state index in [1.54, 1.807) is 0 Å². The maximum absolute atomic E-state index is 13.6. The largest absolute Gasteiger partial charge is 0.317 e. The molecule has 94 valence electrons. The second-order valence-electron chi connectivity index (χ2n) is 5.42. The highest BCUT2D eigenvalue weighted by atomic mass is 19.1. The van der Waals surface area contributed by atoms with Crippen LogP contribution in [0.1, 0.15) is 31.7 Å². The Kier molecular flexibility index (Phi) is 3.48. The fraction of sp³-hybridized carbons (Fsp3) is 0.571. The predicted molar refractivity (Wildman–Crippen MR) is 64.9 cm³/mol. The van der Waals surface area contributed by atoms with Gasteiger partial charge in [-0.15, -0.1) is 0 Å². The third-order valence-electron chi connectivity index (χ3n) is 3.91. The Morgan fingerprint density at radius 3 is 2.53 bits per heavy atom. The summed E-state index contributed by atoms with van der Waals surface area (Å²) >= 11 is 0. The minimum absolute atomic E-state index is 0.0106. The first kappa shape index (κ1) is 12.5. The summed E-state index contributed by atoms with van der Waals surface area (Å²) in [5.74, 6) is -0.835. The molecule has 1 aromatic rings. The number of benzene rings is 1. The van der Waals surface area contributed by atoms with Crippen LogP contribution in [0.4, 0.5) is 8.78 Å². The van der Waals surface area contributed by atoms with Gasteiger partial charge in [-0.25, -0.2) is 8.78 Å². The number of rotatable bonds is 3. The van der Waals surface area contributed by atoms with Crippen LogP contribution in [0.25, 0.3) is 0 Å². The normalized spacial score (nSPS) is 28.6. The van der Waals surface area contributed by atoms with Crippen LogP contribution in [-0.4, -0.2) is 13.1 Å². The lowest BCUT2D eigenvalue weighted by Crippen LogP contribution is -2.25. The van der Waals surface area contributed by atoms with E-state index in [4.69, 9.17) is 0 Å². The molecule has 0 aromatic heterocycles. The van der Waals surface area contributed by atoms with Crippen LogP contribution in [0.2, 0.25) is 0 Å². The van der Waals surface area contributed by atoms with E-state index in [2.05, 4.69) is 12.2 Å². The second kappa shape index (κ2) is 4.73. The molecule has 0 heterocycles. The molecule has 2 atom stereocenters. The van der Waals surface area contributed by atoms with Crippen molar-refractivity contribution >= 4 is 0 Å². The van der Waals surface area contributed by atoms with Crippen molar-refractivity contribution in [2.45, 2.75) is 38.6 Å². The average molecular weight is 239 g/mol. The third kappa shape index (κ3) is 2.65. The Bertz CT molecular complexity index is 385. The molecule has 1 aliphatic carbocycles. The maximum atomic E-state index is 13.6. The van der Waals surface area contributed by atoms with Gasteiger partial charge in [-0.1, -0.05) is 13.0 Å². The monoisotopic (exact) mass is 239 g/mol. The van der Waals surface area contributed by atoms with Crippen LogP contribution >= 0.6 is 0 Å². The van der Waals surface area contributed by atoms with Crippen LogP contribution in [0, 0.1) is 17.0 Å². The second-order valence-corrected chi connectivity index (χ2v) is 5.42. The molecule has 0 spiro atoms. The minimum Gasteiger partial charge on any atom is -0.317 e. The van der Waals surface area contributed by atoms with Crippen LogP contribution in [0.3, 0.4) is 0 Å². The summed E-state index contributed by atoms with van der Waals surface area (Å²) in [6.45, 7) is 2.12. The van der Waals surface area contributed by atoms with Gasteiger partial charge in [0.05, 0.1) is 0 Å². The SMILES string of the molecule is CNC1CCC(C)(Cc2c(F)cccc2F)C1. The molecule has 1 fully saturated rings. The molecular formula is C14H19F2N. The summed E-state index contributed by atoms with van der Waals surface area (Å²) in [4.78, 5) is 0. The van der Waals surface area contributed by atoms with E-state index in [0.717, 1.165) is 19.3 Å². The van der Waals surface area contributed by atoms with Crippen molar-refractivity contribution in [2.24, 2.45) is 5.41 Å². The van der Waals surface area contributed by atoms with E-state index in [1.165, 1.54) is 18.2 Å². The first-order valence-electron chi connectivity index (χ1n) is 6.14. The molecule has 3 heteroatoms. The van der Waals surface area contributed by atoms with Gasteiger partial charge in [0.2, 0.25) is 0 Å². The van der Waals surface area contributed by atoms with Crippen LogP contribution in [-0.2, 0) is 6.42 Å². The number of halogens is 2. The van der Waals surface area contributed by atoms with Crippen molar-refractivity contribution in [1.29, 1.82) is 0 Å². The lowest BCUT2D eigenvalue weighted by atomic mass is 9.81. The van der Waals surface area contributed by atoms with Gasteiger partial charge in [-0.2, -0.15) is 0 Å². The van der Waals surface area contributed by atoms with E-state index in [9.17, 15) is 8.78 Å². The van der Waals surface area contributed by atoms with Gasteiger partial charge in [0, 0.05) is 11.6 Å². The molecular weight excluding hydrogens is 220 g/mol. The van der Waals surface area contributed by atoms with Crippen molar-refractivity contribution in [3.05, 3.63) is 35.4 Å². The molecule has 0 aliphatic heterocycles. The first-order chi connectivity index (χ1) is 8.04. The van der Waals surface area contributed by atoms with Gasteiger partial charge in [0.15, 0.2) is 0 Å². The fourth-order valence-corrected chi connectivity index (χ4v) is 2.86. The van der Waals surface area contributed by atoms with Gasteiger partial charge in [-0.05, 0) is 50.3 Å². The molecule has 17 heavy (non-hydrogen) atoms. The molecule has 2 rings (SSSR count). The Labute approximate surface area is 101 Å². The topological polar surface area (TPSA) is 12.0 Å². The maximum Gasteiger partial charge on any atom is 0.129 e. The van der Waals surface area contributed by atoms with E-state index < -0.39 is 11.6 Å². The highest BCUT2D eigenvalue weighted by Crippen LogP contribution is 2.41. The summed E-state index contributed by atoms with van der Waals surface area (Å²) in [6, 6.07) is 4.58. The Hall–Kier alpha value is -0.960. The summed E-state index contributed by atoms with van der Waals surface area (Å²) < 4.78 is 27.2. The zero-order chi connectivity index (χ0) is 12.5. The van der Waals surface area contributed by atoms with Crippen LogP contribution in [0.5, 0.6) is 0 Å². The van der Waals surface area contributed by atoms with Crippen LogP contribution < -0.4 is 5.32 Å². The molecule has 1 nitrogen and oxygen atoms in total. The first-order valence-corrected chi connectivity index (χ1v) is 6.14. The Morgan fingerprint density at radius 2 is 2.00 bits per heavy atom. The molecule has 0 saturated heterocycles. The number of hydrogen-bond donors (Lipinski definition) is 1. The van der Waals surface area contributed by atoms with Gasteiger partial charge >= 0.3 is 0 Å². The summed E-state index contributed by atoms with van der Waals surface area (Å²) in [5.41, 5.74) is 0.253. The van der Waals surface area contributed by atoms with Gasteiger partial charge in [0.25, 0.3) is 0 Å². The predicted octanol–water partition coefficient (Wildman–Crippen LogP) is 3.29. The van der Waals surface area contributed by atoms with Crippen molar-refractivity contribution in [1.82, 2.24) is 5.32 Å². The van der Waals surface area contributed by atoms with Gasteiger partial charge in [-0.3, -0.25) is 0 Å². The molecule has 1 aliphatic rings. The molecule has 1 aromatic carbocycles. The third-order valence-corrected chi connectivity index (χ3v) is 3.91. The fourth-order valence-electron chi connectivity index (χ4n) is 2.86. The Morgan fingerprint density at radius 1 is 1.35 bits per heavy atom. The summed E-state index contributed by atoms with van der Waals surface area (Å²) in [6.07, 6.45) is 3.58. The Balaban J connectivity index is 2.16. The van der Waals surface area contributed by atoms with Crippen molar-refractivity contribution in [3.63, 3.8) is 0 Å². The lowest BCUT2D eigenvalue weighted by Gasteiger charge is -2.24. The van der Waals surface area contributed by atoms with E-state index in [1.807, 2.05) is 7.05 Å². The van der Waals surface area contributed by atoms with Crippen molar-refractivity contribution < 1.29 is 8.78 Å². The molecule has 0 radical (unpaired) electrons. The minimum atomic E-state index is -0.417. The van der Waals surface area contributed by atoms with Gasteiger partial charge < -0.3 is 5.32 Å². The van der Waals surface area contributed by atoms with E-state index in [0.29, 0.717) is 12.5 Å². The summed E-state index contributed by atoms with van der Waals surface area (Å²) in [5, 5.41) is 3.25. The van der Waals surface area contributed by atoms with E-state index in [-0.39, 0.29) is 11.0 Å². The van der Waals surface area contributed by atoms with Crippen molar-refractivity contribution in [2.75, 3.05) is 7.05 Å². The smallest absolute Gasteiger partial charge is 0.129 e. The highest BCUT2D eigenvalue weighted by Gasteiger charge is 2.35. The molecule has 2 unspecified atom stereocenters. The molecule has 0 bridgehead atoms. The van der Waals surface area contributed by atoms with Crippen molar-refractivity contribution in [3.8, 4) is 0 Å². The standard InChI is InChI=1S/C14H19F2N/c1-14(7-6-10(8-14)17-2)9-11-12(15)4-3-5-13(11)16/h3-5,10,17H,6-9H2,1-2H3. The lowest BCUT2D eigenvalue weighted by molar-refractivity contribution is 0.314. The van der Waals surface area contributed by atoms with E-state index >= 15 is 0 Å². The van der Waals surface area contributed by atoms with Crippen LogP contribution in [0.15, 0.2) is 18.2 Å². The number of hydrogen-bond acceptors (Lipinski definition) is 1. The zero-order valence-corrected chi connectivity index (χ0v) is 10.4. The number of nitrogens with one attached hydrogen (secondary N) is 1. The average Bonchev–Trinajstić information content (AvgIpc) is 2.66. The molecule has 1 N–H and O–H groups in total. The molecule has 1 saturated carbocycles. The summed E-state index contributed by atoms with van der Waals surface area (Å²) in [7, 11) is 1.94.